The van der Waals surface area contributed by atoms with E-state index in [0.717, 1.165) is 30.7 Å². The Bertz CT molecular complexity index is 378. The fourth-order valence-corrected chi connectivity index (χ4v) is 1.76. The third-order valence-electron chi connectivity index (χ3n) is 2.98. The van der Waals surface area contributed by atoms with Gasteiger partial charge in [0, 0.05) is 12.7 Å². The smallest absolute Gasteiger partial charge is 0.233 e. The Morgan fingerprint density at radius 2 is 2.17 bits per heavy atom. The zero-order valence-electron chi connectivity index (χ0n) is 11.0. The van der Waals surface area contributed by atoms with Crippen molar-refractivity contribution in [1.82, 2.24) is 10.2 Å². The summed E-state index contributed by atoms with van der Waals surface area (Å²) < 4.78 is 16.5. The first kappa shape index (κ1) is 13.2. The standard InChI is InChI=1S/C13H20N2O3/c1-10-9-12(15-14-11(10)2)16-7-8-18-13-5-3-4-6-17-13/h9,13H,3-8H2,1-2H3/t13-/m1/s1. The normalized spacial score (nSPS) is 19.8. The van der Waals surface area contributed by atoms with Crippen molar-refractivity contribution < 1.29 is 14.2 Å². The molecular weight excluding hydrogens is 232 g/mol. The summed E-state index contributed by atoms with van der Waals surface area (Å²) in [6.45, 7) is 5.70. The maximum atomic E-state index is 5.56. The van der Waals surface area contributed by atoms with Gasteiger partial charge in [0.25, 0.3) is 0 Å². The van der Waals surface area contributed by atoms with E-state index in [4.69, 9.17) is 14.2 Å². The predicted molar refractivity (Wildman–Crippen MR) is 66.5 cm³/mol. The fourth-order valence-electron chi connectivity index (χ4n) is 1.76. The highest BCUT2D eigenvalue weighted by Crippen LogP contribution is 2.14. The summed E-state index contributed by atoms with van der Waals surface area (Å²) in [6.07, 6.45) is 3.22. The number of ether oxygens (including phenoxy) is 3. The van der Waals surface area contributed by atoms with Crippen LogP contribution in [0.3, 0.4) is 0 Å². The second-order valence-corrected chi connectivity index (χ2v) is 4.47. The molecule has 5 nitrogen and oxygen atoms in total. The first-order valence-corrected chi connectivity index (χ1v) is 6.42. The van der Waals surface area contributed by atoms with Crippen molar-refractivity contribution in [2.75, 3.05) is 19.8 Å². The van der Waals surface area contributed by atoms with Crippen LogP contribution in [0.25, 0.3) is 0 Å². The molecule has 1 saturated heterocycles. The zero-order valence-corrected chi connectivity index (χ0v) is 11.0. The monoisotopic (exact) mass is 252 g/mol. The van der Waals surface area contributed by atoms with Crippen LogP contribution >= 0.6 is 0 Å². The molecule has 0 amide bonds. The van der Waals surface area contributed by atoms with Crippen molar-refractivity contribution >= 4 is 0 Å². The second kappa shape index (κ2) is 6.66. The van der Waals surface area contributed by atoms with Crippen LogP contribution in [-0.2, 0) is 9.47 Å². The molecule has 0 aromatic carbocycles. The molecule has 1 aromatic rings. The van der Waals surface area contributed by atoms with E-state index in [0.29, 0.717) is 19.1 Å². The van der Waals surface area contributed by atoms with E-state index in [1.807, 2.05) is 19.9 Å². The Balaban J connectivity index is 1.66. The SMILES string of the molecule is Cc1cc(OCCO[C@@H]2CCCCO2)nnc1C. The molecule has 5 heteroatoms. The summed E-state index contributed by atoms with van der Waals surface area (Å²) >= 11 is 0. The first-order valence-electron chi connectivity index (χ1n) is 6.42. The summed E-state index contributed by atoms with van der Waals surface area (Å²) in [5.41, 5.74) is 2.01. The maximum absolute atomic E-state index is 5.56. The Morgan fingerprint density at radius 1 is 1.28 bits per heavy atom. The topological polar surface area (TPSA) is 53.5 Å². The Kier molecular flexibility index (Phi) is 4.90. The number of aryl methyl sites for hydroxylation is 2. The molecule has 2 heterocycles. The van der Waals surface area contributed by atoms with Gasteiger partial charge in [0.05, 0.1) is 12.3 Å². The molecule has 0 spiro atoms. The molecule has 100 valence electrons. The molecule has 18 heavy (non-hydrogen) atoms. The Hall–Kier alpha value is -1.20. The van der Waals surface area contributed by atoms with Crippen LogP contribution in [0.1, 0.15) is 30.5 Å². The highest BCUT2D eigenvalue weighted by atomic mass is 16.7. The molecule has 0 saturated carbocycles. The van der Waals surface area contributed by atoms with E-state index in [1.165, 1.54) is 6.42 Å². The van der Waals surface area contributed by atoms with Crippen molar-refractivity contribution in [2.24, 2.45) is 0 Å². The van der Waals surface area contributed by atoms with Crippen LogP contribution < -0.4 is 4.74 Å². The highest BCUT2D eigenvalue weighted by molar-refractivity contribution is 5.21. The van der Waals surface area contributed by atoms with Crippen molar-refractivity contribution in [3.63, 3.8) is 0 Å². The van der Waals surface area contributed by atoms with Crippen molar-refractivity contribution in [3.05, 3.63) is 17.3 Å². The molecule has 0 radical (unpaired) electrons. The lowest BCUT2D eigenvalue weighted by atomic mass is 10.2. The van der Waals surface area contributed by atoms with Gasteiger partial charge in [0.15, 0.2) is 6.29 Å². The van der Waals surface area contributed by atoms with E-state index in [2.05, 4.69) is 10.2 Å². The third-order valence-corrected chi connectivity index (χ3v) is 2.98. The van der Waals surface area contributed by atoms with E-state index < -0.39 is 0 Å². The van der Waals surface area contributed by atoms with Gasteiger partial charge in [-0.05, 0) is 38.7 Å². The van der Waals surface area contributed by atoms with Crippen molar-refractivity contribution in [3.8, 4) is 5.88 Å². The molecule has 0 unspecified atom stereocenters. The third kappa shape index (κ3) is 3.92. The average Bonchev–Trinajstić information content (AvgIpc) is 2.40. The predicted octanol–water partition coefficient (Wildman–Crippen LogP) is 2.02. The van der Waals surface area contributed by atoms with Gasteiger partial charge in [-0.2, -0.15) is 5.10 Å². The van der Waals surface area contributed by atoms with Gasteiger partial charge in [-0.3, -0.25) is 0 Å². The molecule has 0 aliphatic carbocycles. The van der Waals surface area contributed by atoms with Crippen LogP contribution in [-0.4, -0.2) is 36.3 Å². The summed E-state index contributed by atoms with van der Waals surface area (Å²) in [6, 6.07) is 1.89. The number of aromatic nitrogens is 2. The van der Waals surface area contributed by atoms with Crippen molar-refractivity contribution in [2.45, 2.75) is 39.4 Å². The van der Waals surface area contributed by atoms with Crippen molar-refractivity contribution in [1.29, 1.82) is 0 Å². The van der Waals surface area contributed by atoms with E-state index in [-0.39, 0.29) is 6.29 Å². The highest BCUT2D eigenvalue weighted by Gasteiger charge is 2.13. The lowest BCUT2D eigenvalue weighted by Crippen LogP contribution is -2.24. The number of rotatable bonds is 5. The minimum atomic E-state index is -0.0619. The van der Waals surface area contributed by atoms with Crippen LogP contribution in [0.5, 0.6) is 5.88 Å². The molecular formula is C13H20N2O3. The molecule has 2 rings (SSSR count). The second-order valence-electron chi connectivity index (χ2n) is 4.47. The zero-order chi connectivity index (χ0) is 12.8. The largest absolute Gasteiger partial charge is 0.474 e. The lowest BCUT2D eigenvalue weighted by Gasteiger charge is -2.22. The molecule has 1 aromatic heterocycles. The minimum absolute atomic E-state index is 0.0619. The number of nitrogens with zero attached hydrogens (tertiary/aromatic N) is 2. The first-order chi connectivity index (χ1) is 8.75. The fraction of sp³-hybridized carbons (Fsp3) is 0.692. The van der Waals surface area contributed by atoms with Gasteiger partial charge in [0.2, 0.25) is 5.88 Å². The molecule has 1 aliphatic rings. The van der Waals surface area contributed by atoms with Crippen LogP contribution in [0, 0.1) is 13.8 Å². The molecule has 0 bridgehead atoms. The van der Waals surface area contributed by atoms with E-state index in [1.54, 1.807) is 0 Å². The van der Waals surface area contributed by atoms with E-state index in [9.17, 15) is 0 Å². The molecule has 0 N–H and O–H groups in total. The summed E-state index contributed by atoms with van der Waals surface area (Å²) in [4.78, 5) is 0. The Morgan fingerprint density at radius 3 is 2.89 bits per heavy atom. The molecule has 1 fully saturated rings. The van der Waals surface area contributed by atoms with Gasteiger partial charge in [-0.1, -0.05) is 0 Å². The summed E-state index contributed by atoms with van der Waals surface area (Å²) in [5, 5.41) is 7.97. The van der Waals surface area contributed by atoms with Gasteiger partial charge in [-0.15, -0.1) is 5.10 Å². The summed E-state index contributed by atoms with van der Waals surface area (Å²) in [5.74, 6) is 0.547. The van der Waals surface area contributed by atoms with Gasteiger partial charge in [-0.25, -0.2) is 0 Å². The van der Waals surface area contributed by atoms with Gasteiger partial charge < -0.3 is 14.2 Å². The lowest BCUT2D eigenvalue weighted by molar-refractivity contribution is -0.165. The molecule has 1 aliphatic heterocycles. The van der Waals surface area contributed by atoms with Gasteiger partial charge >= 0.3 is 0 Å². The molecule has 1 atom stereocenters. The van der Waals surface area contributed by atoms with Crippen LogP contribution in [0.2, 0.25) is 0 Å². The van der Waals surface area contributed by atoms with E-state index >= 15 is 0 Å². The van der Waals surface area contributed by atoms with Crippen LogP contribution in [0.15, 0.2) is 6.07 Å². The number of hydrogen-bond donors (Lipinski definition) is 0. The average molecular weight is 252 g/mol. The number of hydrogen-bond acceptors (Lipinski definition) is 5. The minimum Gasteiger partial charge on any atom is -0.474 e. The van der Waals surface area contributed by atoms with Gasteiger partial charge in [0.1, 0.15) is 6.61 Å². The quantitative estimate of drug-likeness (QED) is 0.750. The van der Waals surface area contributed by atoms with Crippen LogP contribution in [0.4, 0.5) is 0 Å². The maximum Gasteiger partial charge on any atom is 0.233 e. The Labute approximate surface area is 107 Å². The summed E-state index contributed by atoms with van der Waals surface area (Å²) in [7, 11) is 0.